The Balaban J connectivity index is 2.43. The summed E-state index contributed by atoms with van der Waals surface area (Å²) >= 11 is 1.24. The van der Waals surface area contributed by atoms with Gasteiger partial charge in [0, 0.05) is 18.0 Å². The molecule has 0 N–H and O–H groups in total. The maximum atomic E-state index is 13.6. The summed E-state index contributed by atoms with van der Waals surface area (Å²) in [5, 5.41) is 0. The molecule has 2 amide bonds. The van der Waals surface area contributed by atoms with E-state index in [0.717, 1.165) is 4.88 Å². The predicted octanol–water partition coefficient (Wildman–Crippen LogP) is 3.24. The van der Waals surface area contributed by atoms with Crippen molar-refractivity contribution in [2.24, 2.45) is 0 Å². The number of nitrogens with zero attached hydrogens (tertiary/aromatic N) is 2. The Hall–Kier alpha value is -2.42. The van der Waals surface area contributed by atoms with Gasteiger partial charge in [0.1, 0.15) is 22.6 Å². The van der Waals surface area contributed by atoms with Gasteiger partial charge in [0.05, 0.1) is 12.7 Å². The van der Waals surface area contributed by atoms with Crippen LogP contribution in [0.4, 0.5) is 0 Å². The molecule has 178 valence electrons. The van der Waals surface area contributed by atoms with E-state index < -0.39 is 29.0 Å². The molecule has 0 saturated carbocycles. The van der Waals surface area contributed by atoms with Crippen LogP contribution in [0.2, 0.25) is 0 Å². The highest BCUT2D eigenvalue weighted by Gasteiger charge is 2.46. The molecule has 1 aliphatic heterocycles. The molecule has 0 bridgehead atoms. The number of esters is 2. The van der Waals surface area contributed by atoms with Crippen LogP contribution in [0.3, 0.4) is 0 Å². The second kappa shape index (κ2) is 8.84. The van der Waals surface area contributed by atoms with Crippen LogP contribution in [0, 0.1) is 0 Å². The molecule has 0 radical (unpaired) electrons. The smallest absolute Gasteiger partial charge is 0.349 e. The van der Waals surface area contributed by atoms with E-state index in [1.54, 1.807) is 40.7 Å². The van der Waals surface area contributed by atoms with Gasteiger partial charge < -0.3 is 19.3 Å². The van der Waals surface area contributed by atoms with Crippen LogP contribution < -0.4 is 0 Å². The van der Waals surface area contributed by atoms with Crippen molar-refractivity contribution in [3.8, 4) is 0 Å². The fourth-order valence-corrected chi connectivity index (χ4v) is 4.46. The second-order valence-electron chi connectivity index (χ2n) is 10.4. The second-order valence-corrected chi connectivity index (χ2v) is 11.5. The first-order valence-corrected chi connectivity index (χ1v) is 11.4. The number of rotatable bonds is 4. The highest BCUT2D eigenvalue weighted by Crippen LogP contribution is 2.36. The van der Waals surface area contributed by atoms with Crippen LogP contribution in [0.5, 0.6) is 0 Å². The van der Waals surface area contributed by atoms with Crippen molar-refractivity contribution >= 4 is 35.1 Å². The van der Waals surface area contributed by atoms with E-state index in [2.05, 4.69) is 4.74 Å². The number of hydrogen-bond donors (Lipinski definition) is 0. The molecule has 2 rings (SSSR count). The monoisotopic (exact) mass is 466 g/mol. The lowest BCUT2D eigenvalue weighted by atomic mass is 9.93. The molecule has 0 unspecified atom stereocenters. The van der Waals surface area contributed by atoms with Crippen molar-refractivity contribution in [1.82, 2.24) is 9.80 Å². The average Bonchev–Trinajstić information content (AvgIpc) is 3.09. The molecule has 1 aromatic heterocycles. The van der Waals surface area contributed by atoms with Crippen LogP contribution in [0.1, 0.15) is 80.3 Å². The number of ether oxygens (including phenoxy) is 2. The summed E-state index contributed by atoms with van der Waals surface area (Å²) in [6.07, 6.45) is 0. The minimum absolute atomic E-state index is 0.170. The van der Waals surface area contributed by atoms with Crippen LogP contribution in [-0.4, -0.2) is 71.4 Å². The van der Waals surface area contributed by atoms with Gasteiger partial charge in [-0.25, -0.2) is 4.79 Å². The Labute approximate surface area is 193 Å². The number of methoxy groups -OCH3 is 1. The van der Waals surface area contributed by atoms with Crippen molar-refractivity contribution in [3.05, 3.63) is 21.4 Å². The predicted molar refractivity (Wildman–Crippen MR) is 122 cm³/mol. The molecular weight excluding hydrogens is 432 g/mol. The van der Waals surface area contributed by atoms with Gasteiger partial charge in [0.2, 0.25) is 5.91 Å². The van der Waals surface area contributed by atoms with Crippen molar-refractivity contribution in [3.63, 3.8) is 0 Å². The highest BCUT2D eigenvalue weighted by atomic mass is 32.1. The maximum Gasteiger partial charge on any atom is 0.349 e. The van der Waals surface area contributed by atoms with Gasteiger partial charge in [-0.1, -0.05) is 20.8 Å². The van der Waals surface area contributed by atoms with Gasteiger partial charge in [0.25, 0.3) is 5.91 Å². The van der Waals surface area contributed by atoms with Gasteiger partial charge in [0.15, 0.2) is 0 Å². The van der Waals surface area contributed by atoms with Crippen LogP contribution in [-0.2, 0) is 24.5 Å². The molecule has 0 atom stereocenters. The van der Waals surface area contributed by atoms with Gasteiger partial charge in [-0.3, -0.25) is 14.4 Å². The third-order valence-corrected chi connectivity index (χ3v) is 6.70. The number of carbonyl (C=O) groups is 4. The Morgan fingerprint density at radius 1 is 1.09 bits per heavy atom. The fourth-order valence-electron chi connectivity index (χ4n) is 3.37. The van der Waals surface area contributed by atoms with E-state index >= 15 is 0 Å². The summed E-state index contributed by atoms with van der Waals surface area (Å²) in [6, 6.07) is 1.73. The van der Waals surface area contributed by atoms with Crippen LogP contribution in [0.15, 0.2) is 6.07 Å². The molecule has 0 aliphatic carbocycles. The van der Waals surface area contributed by atoms with Gasteiger partial charge in [-0.05, 0) is 46.1 Å². The van der Waals surface area contributed by atoms with E-state index in [9.17, 15) is 19.2 Å². The Kier molecular flexibility index (Phi) is 7.14. The number of piperazine rings is 1. The zero-order chi connectivity index (χ0) is 24.6. The number of thiophene rings is 1. The molecule has 32 heavy (non-hydrogen) atoms. The highest BCUT2D eigenvalue weighted by molar-refractivity contribution is 7.14. The lowest BCUT2D eigenvalue weighted by Crippen LogP contribution is -2.65. The normalized spacial score (nSPS) is 16.7. The van der Waals surface area contributed by atoms with E-state index in [1.807, 2.05) is 20.8 Å². The molecule has 1 aromatic rings. The largest absolute Gasteiger partial charge is 0.468 e. The maximum absolute atomic E-state index is 13.6. The van der Waals surface area contributed by atoms with Crippen molar-refractivity contribution < 1.29 is 28.7 Å². The van der Waals surface area contributed by atoms with E-state index in [0.29, 0.717) is 0 Å². The van der Waals surface area contributed by atoms with Gasteiger partial charge in [-0.2, -0.15) is 0 Å². The SMILES string of the molecule is COC(=O)CN1CCN(C(=O)c2cc(C(C)(C)C)sc2C(=O)OC(C)(C)C)C(C)(C)C1=O. The number of carbonyl (C=O) groups excluding carboxylic acids is 4. The minimum atomic E-state index is -1.20. The summed E-state index contributed by atoms with van der Waals surface area (Å²) in [6.45, 7) is 14.9. The molecule has 0 aromatic carbocycles. The summed E-state index contributed by atoms with van der Waals surface area (Å²) in [7, 11) is 1.26. The molecule has 1 aliphatic rings. The fraction of sp³-hybridized carbons (Fsp3) is 0.652. The Bertz CT molecular complexity index is 920. The zero-order valence-electron chi connectivity index (χ0n) is 20.5. The topological polar surface area (TPSA) is 93.2 Å². The lowest BCUT2D eigenvalue weighted by molar-refractivity contribution is -0.154. The third kappa shape index (κ3) is 5.49. The molecule has 1 fully saturated rings. The quantitative estimate of drug-likeness (QED) is 0.633. The molecule has 2 heterocycles. The van der Waals surface area contributed by atoms with E-state index in [4.69, 9.17) is 4.74 Å². The van der Waals surface area contributed by atoms with E-state index in [1.165, 1.54) is 28.2 Å². The summed E-state index contributed by atoms with van der Waals surface area (Å²) in [5.74, 6) is -1.84. The summed E-state index contributed by atoms with van der Waals surface area (Å²) in [5.41, 5.74) is -1.95. The lowest BCUT2D eigenvalue weighted by Gasteiger charge is -2.45. The average molecular weight is 467 g/mol. The van der Waals surface area contributed by atoms with Crippen molar-refractivity contribution in [1.29, 1.82) is 0 Å². The van der Waals surface area contributed by atoms with Crippen molar-refractivity contribution in [2.45, 2.75) is 71.9 Å². The van der Waals surface area contributed by atoms with Gasteiger partial charge >= 0.3 is 11.9 Å². The Morgan fingerprint density at radius 3 is 2.19 bits per heavy atom. The molecule has 8 nitrogen and oxygen atoms in total. The van der Waals surface area contributed by atoms with Gasteiger partial charge in [-0.15, -0.1) is 11.3 Å². The first-order valence-electron chi connectivity index (χ1n) is 10.5. The molecule has 9 heteroatoms. The minimum Gasteiger partial charge on any atom is -0.468 e. The third-order valence-electron chi connectivity index (χ3n) is 5.16. The van der Waals surface area contributed by atoms with Crippen LogP contribution >= 0.6 is 11.3 Å². The Morgan fingerprint density at radius 2 is 1.69 bits per heavy atom. The molecule has 1 saturated heterocycles. The van der Waals surface area contributed by atoms with E-state index in [-0.39, 0.29) is 41.4 Å². The number of hydrogen-bond acceptors (Lipinski definition) is 7. The zero-order valence-corrected chi connectivity index (χ0v) is 21.3. The molecular formula is C23H34N2O6S. The van der Waals surface area contributed by atoms with Crippen LogP contribution in [0.25, 0.3) is 0 Å². The first kappa shape index (κ1) is 25.8. The summed E-state index contributed by atoms with van der Waals surface area (Å²) in [4.78, 5) is 55.2. The summed E-state index contributed by atoms with van der Waals surface area (Å²) < 4.78 is 10.2. The molecule has 0 spiro atoms. The van der Waals surface area contributed by atoms with Crippen molar-refractivity contribution in [2.75, 3.05) is 26.7 Å². The number of amides is 2. The first-order chi connectivity index (χ1) is 14.5. The standard InChI is InChI=1S/C23H34N2O6S/c1-21(2,3)15-12-14(17(32-15)19(28)31-22(4,5)6)18(27)25-11-10-24(13-16(26)30-9)20(29)23(25,7)8/h12H,10-11,13H2,1-9H3.